The molecule has 0 spiro atoms. The normalized spacial score (nSPS) is 14.6. The van der Waals surface area contributed by atoms with Crippen LogP contribution in [0.2, 0.25) is 0 Å². The first-order valence-corrected chi connectivity index (χ1v) is 9.57. The molecule has 4 nitrogen and oxygen atoms in total. The molecule has 0 bridgehead atoms. The summed E-state index contributed by atoms with van der Waals surface area (Å²) < 4.78 is 0. The minimum atomic E-state index is 0.690. The highest BCUT2D eigenvalue weighted by atomic mass is 32.2. The lowest BCUT2D eigenvalue weighted by Crippen LogP contribution is -2.01. The Bertz CT molecular complexity index is 646. The molecule has 0 unspecified atom stereocenters. The monoisotopic (exact) mass is 318 g/mol. The molecule has 0 N–H and O–H groups in total. The molecule has 110 valence electrons. The Morgan fingerprint density at radius 3 is 2.62 bits per heavy atom. The first-order chi connectivity index (χ1) is 10.3. The number of pyridine rings is 1. The quantitative estimate of drug-likeness (QED) is 0.636. The van der Waals surface area contributed by atoms with E-state index in [9.17, 15) is 0 Å². The van der Waals surface area contributed by atoms with Gasteiger partial charge in [0.2, 0.25) is 5.16 Å². The highest BCUT2D eigenvalue weighted by Crippen LogP contribution is 2.31. The number of aryl methyl sites for hydroxylation is 1. The van der Waals surface area contributed by atoms with Gasteiger partial charge < -0.3 is 0 Å². The van der Waals surface area contributed by atoms with Gasteiger partial charge in [-0.2, -0.15) is 5.10 Å². The second kappa shape index (κ2) is 6.75. The Balaban J connectivity index is 2.08. The summed E-state index contributed by atoms with van der Waals surface area (Å²) in [5.41, 5.74) is 4.61. The third-order valence-electron chi connectivity index (χ3n) is 3.73. The molecule has 6 heteroatoms. The van der Waals surface area contributed by atoms with Gasteiger partial charge in [0, 0.05) is 0 Å². The molecule has 1 aliphatic rings. The predicted octanol–water partition coefficient (Wildman–Crippen LogP) is 3.65. The van der Waals surface area contributed by atoms with Crippen LogP contribution >= 0.6 is 23.5 Å². The lowest BCUT2D eigenvalue weighted by molar-refractivity contribution is 0.709. The van der Waals surface area contributed by atoms with Crippen LogP contribution in [0.4, 0.5) is 0 Å². The number of nitrogens with zero attached hydrogens (tertiary/aromatic N) is 4. The lowest BCUT2D eigenvalue weighted by atomic mass is 10.0. The molecular weight excluding hydrogens is 300 g/mol. The third kappa shape index (κ3) is 3.21. The van der Waals surface area contributed by atoms with Crippen molar-refractivity contribution in [2.75, 3.05) is 12.5 Å². The topological polar surface area (TPSA) is 51.6 Å². The fourth-order valence-electron chi connectivity index (χ4n) is 2.68. The van der Waals surface area contributed by atoms with Crippen molar-refractivity contribution in [1.29, 1.82) is 0 Å². The fourth-order valence-corrected chi connectivity index (χ4v) is 3.67. The van der Waals surface area contributed by atoms with Crippen LogP contribution in [0.25, 0.3) is 11.4 Å². The first-order valence-electron chi connectivity index (χ1n) is 7.12. The highest BCUT2D eigenvalue weighted by molar-refractivity contribution is 7.98. The van der Waals surface area contributed by atoms with Crippen LogP contribution in [-0.2, 0) is 12.8 Å². The van der Waals surface area contributed by atoms with Gasteiger partial charge in [0.05, 0.1) is 16.9 Å². The van der Waals surface area contributed by atoms with Gasteiger partial charge in [-0.25, -0.2) is 9.97 Å². The molecular formula is C15H18N4S2. The predicted molar refractivity (Wildman–Crippen MR) is 87.9 cm³/mol. The summed E-state index contributed by atoms with van der Waals surface area (Å²) >= 11 is 3.23. The number of hydrogen-bond donors (Lipinski definition) is 0. The van der Waals surface area contributed by atoms with Crippen molar-refractivity contribution in [3.63, 3.8) is 0 Å². The maximum absolute atomic E-state index is 4.82. The van der Waals surface area contributed by atoms with Gasteiger partial charge in [0.15, 0.2) is 0 Å². The second-order valence-corrected chi connectivity index (χ2v) is 6.61. The molecule has 0 saturated heterocycles. The molecule has 2 heterocycles. The van der Waals surface area contributed by atoms with Crippen molar-refractivity contribution < 1.29 is 0 Å². The van der Waals surface area contributed by atoms with Crippen LogP contribution in [0.1, 0.15) is 30.4 Å². The van der Waals surface area contributed by atoms with Crippen LogP contribution < -0.4 is 0 Å². The van der Waals surface area contributed by atoms with E-state index < -0.39 is 0 Å². The zero-order chi connectivity index (χ0) is 14.7. The molecule has 3 rings (SSSR count). The summed E-state index contributed by atoms with van der Waals surface area (Å²) in [5.74, 6) is 0. The van der Waals surface area contributed by atoms with Gasteiger partial charge in [0.1, 0.15) is 5.69 Å². The van der Waals surface area contributed by atoms with Gasteiger partial charge in [0.25, 0.3) is 0 Å². The standard InChI is InChI=1S/C15H18N4S2/c1-20-14-11-7-5-3-4-6-10(11)8-12(17-14)13-9-16-19-15(18-13)21-2/h8-9H,3-7H2,1-2H3. The van der Waals surface area contributed by atoms with E-state index in [1.807, 2.05) is 6.26 Å². The Kier molecular flexibility index (Phi) is 4.75. The second-order valence-electron chi connectivity index (χ2n) is 5.04. The SMILES string of the molecule is CSc1nncc(-c2cc3c(c(SC)n2)CCCCC3)n1. The molecule has 0 radical (unpaired) electrons. The summed E-state index contributed by atoms with van der Waals surface area (Å²) in [7, 11) is 0. The minimum Gasteiger partial charge on any atom is -0.239 e. The number of thioether (sulfide) groups is 2. The van der Waals surface area contributed by atoms with Crippen molar-refractivity contribution in [3.8, 4) is 11.4 Å². The number of fused-ring (bicyclic) bond motifs is 1. The van der Waals surface area contributed by atoms with Gasteiger partial charge in [-0.1, -0.05) is 18.2 Å². The fraction of sp³-hybridized carbons (Fsp3) is 0.467. The van der Waals surface area contributed by atoms with Gasteiger partial charge >= 0.3 is 0 Å². The Morgan fingerprint density at radius 2 is 1.81 bits per heavy atom. The summed E-state index contributed by atoms with van der Waals surface area (Å²) in [4.78, 5) is 9.34. The molecule has 1 aliphatic carbocycles. The van der Waals surface area contributed by atoms with E-state index in [1.165, 1.54) is 42.2 Å². The summed E-state index contributed by atoms with van der Waals surface area (Å²) in [6.45, 7) is 0. The number of rotatable bonds is 3. The van der Waals surface area contributed by atoms with Crippen molar-refractivity contribution in [2.24, 2.45) is 0 Å². The average Bonchev–Trinajstić information content (AvgIpc) is 2.79. The molecule has 0 aromatic carbocycles. The maximum Gasteiger partial charge on any atom is 0.209 e. The maximum atomic E-state index is 4.82. The lowest BCUT2D eigenvalue weighted by Gasteiger charge is -2.12. The van der Waals surface area contributed by atoms with Gasteiger partial charge in [-0.3, -0.25) is 0 Å². The summed E-state index contributed by atoms with van der Waals surface area (Å²) in [6.07, 6.45) is 11.9. The molecule has 2 aromatic rings. The van der Waals surface area contributed by atoms with E-state index in [1.54, 1.807) is 18.0 Å². The molecule has 21 heavy (non-hydrogen) atoms. The van der Waals surface area contributed by atoms with Crippen LogP contribution in [0.5, 0.6) is 0 Å². The first kappa shape index (κ1) is 14.8. The third-order valence-corrected chi connectivity index (χ3v) is 4.99. The zero-order valence-electron chi connectivity index (χ0n) is 12.3. The van der Waals surface area contributed by atoms with E-state index in [4.69, 9.17) is 4.98 Å². The average molecular weight is 318 g/mol. The largest absolute Gasteiger partial charge is 0.239 e. The molecule has 0 fully saturated rings. The van der Waals surface area contributed by atoms with Crippen LogP contribution in [-0.4, -0.2) is 32.7 Å². The van der Waals surface area contributed by atoms with Crippen LogP contribution in [0, 0.1) is 0 Å². The van der Waals surface area contributed by atoms with Crippen molar-refractivity contribution in [3.05, 3.63) is 23.4 Å². The Labute approximate surface area is 133 Å². The van der Waals surface area contributed by atoms with Gasteiger partial charge in [-0.15, -0.1) is 16.9 Å². The highest BCUT2D eigenvalue weighted by Gasteiger charge is 2.16. The molecule has 0 atom stereocenters. The van der Waals surface area contributed by atoms with Crippen LogP contribution in [0.3, 0.4) is 0 Å². The Morgan fingerprint density at radius 1 is 0.952 bits per heavy atom. The number of hydrogen-bond acceptors (Lipinski definition) is 6. The number of aromatic nitrogens is 4. The van der Waals surface area contributed by atoms with Gasteiger partial charge in [-0.05, 0) is 55.4 Å². The Hall–Kier alpha value is -1.14. The van der Waals surface area contributed by atoms with E-state index in [0.717, 1.165) is 29.3 Å². The van der Waals surface area contributed by atoms with Crippen molar-refractivity contribution >= 4 is 23.5 Å². The van der Waals surface area contributed by atoms with Crippen LogP contribution in [0.15, 0.2) is 22.4 Å². The van der Waals surface area contributed by atoms with E-state index >= 15 is 0 Å². The van der Waals surface area contributed by atoms with E-state index in [0.29, 0.717) is 5.16 Å². The molecule has 2 aromatic heterocycles. The molecule has 0 aliphatic heterocycles. The summed E-state index contributed by atoms with van der Waals surface area (Å²) in [6, 6.07) is 2.20. The molecule has 0 saturated carbocycles. The zero-order valence-corrected chi connectivity index (χ0v) is 13.9. The van der Waals surface area contributed by atoms with E-state index in [2.05, 4.69) is 27.5 Å². The van der Waals surface area contributed by atoms with Crippen molar-refractivity contribution in [1.82, 2.24) is 20.2 Å². The minimum absolute atomic E-state index is 0.690. The molecule has 0 amide bonds. The van der Waals surface area contributed by atoms with E-state index in [-0.39, 0.29) is 0 Å². The van der Waals surface area contributed by atoms with Crippen molar-refractivity contribution in [2.45, 2.75) is 42.3 Å². The summed E-state index contributed by atoms with van der Waals surface area (Å²) in [5, 5.41) is 9.87. The smallest absolute Gasteiger partial charge is 0.209 e.